The minimum Gasteiger partial charge on any atom is -0.379 e. The van der Waals surface area contributed by atoms with Gasteiger partial charge in [0.1, 0.15) is 0 Å². The second-order valence-corrected chi connectivity index (χ2v) is 7.90. The predicted molar refractivity (Wildman–Crippen MR) is 108 cm³/mol. The van der Waals surface area contributed by atoms with Gasteiger partial charge in [0.25, 0.3) is 5.91 Å². The SMILES string of the molecule is CC(C)(C)Cc1ccnc2c(NCc3ccc(C(=O)NO)cc3)cccc12. The fraction of sp³-hybridized carbons (Fsp3) is 0.273. The van der Waals surface area contributed by atoms with Crippen molar-refractivity contribution < 1.29 is 10.0 Å². The van der Waals surface area contributed by atoms with Crippen LogP contribution in [0, 0.1) is 5.41 Å². The Morgan fingerprint density at radius 3 is 2.48 bits per heavy atom. The third kappa shape index (κ3) is 4.63. The van der Waals surface area contributed by atoms with Crippen LogP contribution < -0.4 is 10.8 Å². The van der Waals surface area contributed by atoms with Crippen LogP contribution >= 0.6 is 0 Å². The number of anilines is 1. The molecule has 0 bridgehead atoms. The van der Waals surface area contributed by atoms with Gasteiger partial charge in [-0.1, -0.05) is 45.0 Å². The third-order valence-corrected chi connectivity index (χ3v) is 4.38. The standard InChI is InChI=1S/C22H25N3O2/c1-22(2,3)13-17-11-12-23-20-18(17)5-4-6-19(20)24-14-15-7-9-16(10-8-15)21(26)25-27/h4-12,24,27H,13-14H2,1-3H3,(H,25,26). The van der Waals surface area contributed by atoms with Crippen LogP contribution in [0.3, 0.4) is 0 Å². The molecule has 2 aromatic carbocycles. The number of fused-ring (bicyclic) bond motifs is 1. The highest BCUT2D eigenvalue weighted by Crippen LogP contribution is 2.29. The van der Waals surface area contributed by atoms with Gasteiger partial charge in [-0.3, -0.25) is 15.0 Å². The van der Waals surface area contributed by atoms with Crippen molar-refractivity contribution in [1.82, 2.24) is 10.5 Å². The lowest BCUT2D eigenvalue weighted by atomic mass is 9.87. The molecule has 140 valence electrons. The Morgan fingerprint density at radius 1 is 1.07 bits per heavy atom. The van der Waals surface area contributed by atoms with E-state index >= 15 is 0 Å². The first kappa shape index (κ1) is 18.9. The largest absolute Gasteiger partial charge is 0.379 e. The number of hydrogen-bond acceptors (Lipinski definition) is 4. The molecule has 0 aliphatic rings. The molecule has 0 aliphatic heterocycles. The predicted octanol–water partition coefficient (Wildman–Crippen LogP) is 4.55. The summed E-state index contributed by atoms with van der Waals surface area (Å²) in [6.45, 7) is 7.33. The van der Waals surface area contributed by atoms with E-state index in [9.17, 15) is 4.79 Å². The Labute approximate surface area is 159 Å². The normalized spacial score (nSPS) is 11.4. The molecule has 1 heterocycles. The lowest BCUT2D eigenvalue weighted by Gasteiger charge is -2.20. The van der Waals surface area contributed by atoms with Crippen LogP contribution in [0.25, 0.3) is 10.9 Å². The number of carbonyl (C=O) groups is 1. The van der Waals surface area contributed by atoms with Crippen LogP contribution in [0.15, 0.2) is 54.7 Å². The zero-order chi connectivity index (χ0) is 19.4. The van der Waals surface area contributed by atoms with Crippen LogP contribution in [-0.2, 0) is 13.0 Å². The van der Waals surface area contributed by atoms with E-state index in [1.54, 1.807) is 17.6 Å². The molecule has 0 saturated carbocycles. The number of amides is 1. The van der Waals surface area contributed by atoms with E-state index in [1.807, 2.05) is 30.5 Å². The number of hydroxylamine groups is 1. The van der Waals surface area contributed by atoms with Crippen molar-refractivity contribution in [2.24, 2.45) is 5.41 Å². The maximum atomic E-state index is 11.4. The van der Waals surface area contributed by atoms with Crippen molar-refractivity contribution in [2.75, 3.05) is 5.32 Å². The summed E-state index contributed by atoms with van der Waals surface area (Å²) in [6, 6.07) is 15.4. The maximum absolute atomic E-state index is 11.4. The van der Waals surface area contributed by atoms with E-state index in [0.29, 0.717) is 12.1 Å². The number of pyridine rings is 1. The zero-order valence-electron chi connectivity index (χ0n) is 15.9. The average molecular weight is 363 g/mol. The highest BCUT2D eigenvalue weighted by atomic mass is 16.5. The summed E-state index contributed by atoms with van der Waals surface area (Å²) in [5, 5.41) is 13.3. The van der Waals surface area contributed by atoms with Crippen LogP contribution in [0.5, 0.6) is 0 Å². The van der Waals surface area contributed by atoms with Crippen molar-refractivity contribution >= 4 is 22.5 Å². The Morgan fingerprint density at radius 2 is 1.81 bits per heavy atom. The second kappa shape index (κ2) is 7.76. The van der Waals surface area contributed by atoms with Gasteiger partial charge in [0.15, 0.2) is 0 Å². The van der Waals surface area contributed by atoms with Crippen molar-refractivity contribution in [3.8, 4) is 0 Å². The Balaban J connectivity index is 1.81. The lowest BCUT2D eigenvalue weighted by Crippen LogP contribution is -2.18. The van der Waals surface area contributed by atoms with Crippen molar-refractivity contribution in [1.29, 1.82) is 0 Å². The molecular weight excluding hydrogens is 338 g/mol. The van der Waals surface area contributed by atoms with Gasteiger partial charge in [0.05, 0.1) is 11.2 Å². The smallest absolute Gasteiger partial charge is 0.274 e. The molecule has 3 aromatic rings. The number of carbonyl (C=O) groups excluding carboxylic acids is 1. The van der Waals surface area contributed by atoms with Gasteiger partial charge in [-0.25, -0.2) is 5.48 Å². The molecule has 0 radical (unpaired) electrons. The fourth-order valence-corrected chi connectivity index (χ4v) is 3.14. The number of hydrogen-bond donors (Lipinski definition) is 3. The quantitative estimate of drug-likeness (QED) is 0.459. The fourth-order valence-electron chi connectivity index (χ4n) is 3.14. The molecule has 0 atom stereocenters. The van der Waals surface area contributed by atoms with E-state index in [2.05, 4.69) is 43.2 Å². The molecule has 0 fully saturated rings. The summed E-state index contributed by atoms with van der Waals surface area (Å²) in [5.74, 6) is -0.515. The van der Waals surface area contributed by atoms with Gasteiger partial charge >= 0.3 is 0 Å². The number of rotatable bonds is 5. The lowest BCUT2D eigenvalue weighted by molar-refractivity contribution is 0.0706. The number of aromatic nitrogens is 1. The summed E-state index contributed by atoms with van der Waals surface area (Å²) in [7, 11) is 0. The van der Waals surface area contributed by atoms with Crippen molar-refractivity contribution in [2.45, 2.75) is 33.7 Å². The highest BCUT2D eigenvalue weighted by Gasteiger charge is 2.14. The molecule has 0 spiro atoms. The number of nitrogens with zero attached hydrogens (tertiary/aromatic N) is 1. The molecule has 0 unspecified atom stereocenters. The van der Waals surface area contributed by atoms with Crippen molar-refractivity contribution in [3.05, 3.63) is 71.4 Å². The first-order chi connectivity index (χ1) is 12.9. The van der Waals surface area contributed by atoms with Gasteiger partial charge in [0.2, 0.25) is 0 Å². The minimum atomic E-state index is -0.515. The molecule has 5 nitrogen and oxygen atoms in total. The number of benzene rings is 2. The molecule has 1 aromatic heterocycles. The highest BCUT2D eigenvalue weighted by molar-refractivity contribution is 5.93. The van der Waals surface area contributed by atoms with Crippen molar-refractivity contribution in [3.63, 3.8) is 0 Å². The van der Waals surface area contributed by atoms with Crippen LogP contribution in [0.4, 0.5) is 5.69 Å². The third-order valence-electron chi connectivity index (χ3n) is 4.38. The van der Waals surface area contributed by atoms with E-state index < -0.39 is 5.91 Å². The Hall–Kier alpha value is -2.92. The molecule has 0 saturated heterocycles. The average Bonchev–Trinajstić information content (AvgIpc) is 2.65. The van der Waals surface area contributed by atoms with Crippen LogP contribution in [0.2, 0.25) is 0 Å². The molecule has 3 N–H and O–H groups in total. The summed E-state index contributed by atoms with van der Waals surface area (Å²) < 4.78 is 0. The van der Waals surface area contributed by atoms with Gasteiger partial charge in [-0.15, -0.1) is 0 Å². The summed E-state index contributed by atoms with van der Waals surface area (Å²) in [6.07, 6.45) is 2.86. The summed E-state index contributed by atoms with van der Waals surface area (Å²) in [5.41, 5.74) is 6.55. The molecular formula is C22H25N3O2. The zero-order valence-corrected chi connectivity index (χ0v) is 15.9. The topological polar surface area (TPSA) is 74.2 Å². The molecule has 3 rings (SSSR count). The molecule has 27 heavy (non-hydrogen) atoms. The first-order valence-electron chi connectivity index (χ1n) is 9.01. The summed E-state index contributed by atoms with van der Waals surface area (Å²) in [4.78, 5) is 16.0. The summed E-state index contributed by atoms with van der Waals surface area (Å²) >= 11 is 0. The van der Waals surface area contributed by atoms with E-state index in [1.165, 1.54) is 10.9 Å². The minimum absolute atomic E-state index is 0.209. The van der Waals surface area contributed by atoms with E-state index in [0.717, 1.165) is 23.2 Å². The van der Waals surface area contributed by atoms with Gasteiger partial charge < -0.3 is 5.32 Å². The Kier molecular flexibility index (Phi) is 5.42. The first-order valence-corrected chi connectivity index (χ1v) is 9.01. The van der Waals surface area contributed by atoms with E-state index in [4.69, 9.17) is 5.21 Å². The number of para-hydroxylation sites is 1. The Bertz CT molecular complexity index is 944. The monoisotopic (exact) mass is 363 g/mol. The van der Waals surface area contributed by atoms with Crippen LogP contribution in [-0.4, -0.2) is 16.1 Å². The van der Waals surface area contributed by atoms with Gasteiger partial charge in [-0.05, 0) is 47.2 Å². The molecule has 0 aliphatic carbocycles. The van der Waals surface area contributed by atoms with Gasteiger partial charge in [-0.2, -0.15) is 0 Å². The van der Waals surface area contributed by atoms with E-state index in [-0.39, 0.29) is 5.41 Å². The van der Waals surface area contributed by atoms with Crippen LogP contribution in [0.1, 0.15) is 42.3 Å². The molecule has 1 amide bonds. The molecule has 5 heteroatoms. The second-order valence-electron chi connectivity index (χ2n) is 7.90. The number of nitrogens with one attached hydrogen (secondary N) is 2. The van der Waals surface area contributed by atoms with Gasteiger partial charge in [0, 0.05) is 23.7 Å². The maximum Gasteiger partial charge on any atom is 0.274 e.